The highest BCUT2D eigenvalue weighted by atomic mass is 16.5. The minimum atomic E-state index is -0.00276. The summed E-state index contributed by atoms with van der Waals surface area (Å²) < 4.78 is 14.2. The second-order valence-electron chi connectivity index (χ2n) is 11.0. The molecule has 186 valence electrons. The molecule has 3 heterocycles. The summed E-state index contributed by atoms with van der Waals surface area (Å²) >= 11 is 0. The van der Waals surface area contributed by atoms with Gasteiger partial charge < -0.3 is 19.4 Å². The van der Waals surface area contributed by atoms with E-state index >= 15 is 0 Å². The van der Waals surface area contributed by atoms with E-state index in [1.807, 2.05) is 24.4 Å². The summed E-state index contributed by atoms with van der Waals surface area (Å²) in [7, 11) is 1.71. The molecule has 5 rings (SSSR count). The van der Waals surface area contributed by atoms with Crippen molar-refractivity contribution in [2.45, 2.75) is 83.5 Å². The fourth-order valence-electron chi connectivity index (χ4n) is 5.95. The van der Waals surface area contributed by atoms with Crippen LogP contribution in [0.2, 0.25) is 0 Å². The maximum atomic E-state index is 12.9. The fourth-order valence-corrected chi connectivity index (χ4v) is 5.95. The molecule has 3 fully saturated rings. The van der Waals surface area contributed by atoms with Crippen molar-refractivity contribution in [2.24, 2.45) is 11.8 Å². The molecule has 0 spiro atoms. The van der Waals surface area contributed by atoms with Gasteiger partial charge in [0, 0.05) is 49.9 Å². The molecule has 2 aromatic rings. The summed E-state index contributed by atoms with van der Waals surface area (Å²) in [6, 6.07) is 7.34. The van der Waals surface area contributed by atoms with Crippen LogP contribution in [0, 0.1) is 11.8 Å². The zero-order valence-corrected chi connectivity index (χ0v) is 21.1. The van der Waals surface area contributed by atoms with Crippen molar-refractivity contribution in [3.63, 3.8) is 0 Å². The number of para-hydroxylation sites is 1. The summed E-state index contributed by atoms with van der Waals surface area (Å²) in [6.07, 6.45) is 11.3. The smallest absolute Gasteiger partial charge is 0.253 e. The Kier molecular flexibility index (Phi) is 7.16. The number of benzene rings is 1. The van der Waals surface area contributed by atoms with Gasteiger partial charge in [-0.3, -0.25) is 9.69 Å². The molecule has 2 aliphatic heterocycles. The number of rotatable bonds is 11. The van der Waals surface area contributed by atoms with Crippen LogP contribution in [0.15, 0.2) is 24.4 Å². The number of hydrogen-bond acceptors (Lipinski definition) is 4. The number of nitrogens with zero attached hydrogens (tertiary/aromatic N) is 2. The zero-order chi connectivity index (χ0) is 23.7. The topological polar surface area (TPSA) is 55.7 Å². The SMILES string of the molecule is COc1cccc2c(C(=O)NCC(C)C)cn(CCCN3[C@@H]4CC[C@H]3CC(OCC3CC3)C4)c12. The number of hydrogen-bond donors (Lipinski definition) is 1. The number of piperidine rings is 1. The van der Waals surface area contributed by atoms with Crippen molar-refractivity contribution in [3.05, 3.63) is 30.0 Å². The highest BCUT2D eigenvalue weighted by Crippen LogP contribution is 2.38. The van der Waals surface area contributed by atoms with Gasteiger partial charge in [0.1, 0.15) is 5.75 Å². The Bertz CT molecular complexity index is 982. The van der Waals surface area contributed by atoms with E-state index in [9.17, 15) is 4.79 Å². The van der Waals surface area contributed by atoms with Crippen molar-refractivity contribution in [1.82, 2.24) is 14.8 Å². The Morgan fingerprint density at radius 2 is 1.88 bits per heavy atom. The minimum absolute atomic E-state index is 0.00276. The van der Waals surface area contributed by atoms with Crippen LogP contribution in [0.4, 0.5) is 0 Å². The van der Waals surface area contributed by atoms with Gasteiger partial charge in [0.15, 0.2) is 0 Å². The van der Waals surface area contributed by atoms with Gasteiger partial charge in [0.05, 0.1) is 24.3 Å². The molecule has 0 radical (unpaired) electrons. The molecule has 1 aromatic heterocycles. The van der Waals surface area contributed by atoms with Crippen LogP contribution in [-0.4, -0.2) is 60.4 Å². The normalized spacial score (nSPS) is 24.8. The molecule has 2 bridgehead atoms. The van der Waals surface area contributed by atoms with Gasteiger partial charge >= 0.3 is 0 Å². The maximum absolute atomic E-state index is 12.9. The quantitative estimate of drug-likeness (QED) is 0.513. The summed E-state index contributed by atoms with van der Waals surface area (Å²) in [5.74, 6) is 2.10. The monoisotopic (exact) mass is 467 g/mol. The Hall–Kier alpha value is -2.05. The van der Waals surface area contributed by atoms with Crippen LogP contribution >= 0.6 is 0 Å². The lowest BCUT2D eigenvalue weighted by atomic mass is 9.99. The first-order chi connectivity index (χ1) is 16.5. The van der Waals surface area contributed by atoms with Gasteiger partial charge in [-0.15, -0.1) is 0 Å². The zero-order valence-electron chi connectivity index (χ0n) is 21.1. The molecule has 34 heavy (non-hydrogen) atoms. The standard InChI is InChI=1S/C28H41N3O3/c1-19(2)16-29-28(32)25-17-30(27-24(25)6-4-7-26(27)33-3)12-5-13-31-21-10-11-22(31)15-23(14-21)34-18-20-8-9-20/h4,6-7,17,19-23H,5,8-16,18H2,1-3H3,(H,29,32)/t21-,22+,23?. The lowest BCUT2D eigenvalue weighted by Gasteiger charge is -2.39. The van der Waals surface area contributed by atoms with Crippen LogP contribution in [0.3, 0.4) is 0 Å². The number of carbonyl (C=O) groups excluding carboxylic acids is 1. The maximum Gasteiger partial charge on any atom is 0.253 e. The van der Waals surface area contributed by atoms with Crippen LogP contribution in [0.1, 0.15) is 69.2 Å². The van der Waals surface area contributed by atoms with Gasteiger partial charge in [-0.25, -0.2) is 0 Å². The summed E-state index contributed by atoms with van der Waals surface area (Å²) in [6.45, 7) is 7.88. The van der Waals surface area contributed by atoms with Gasteiger partial charge in [0.25, 0.3) is 5.91 Å². The molecule has 1 unspecified atom stereocenters. The first-order valence-corrected chi connectivity index (χ1v) is 13.3. The van der Waals surface area contributed by atoms with Crippen molar-refractivity contribution < 1.29 is 14.3 Å². The Balaban J connectivity index is 1.24. The van der Waals surface area contributed by atoms with Crippen molar-refractivity contribution in [1.29, 1.82) is 0 Å². The molecule has 3 atom stereocenters. The number of aromatic nitrogens is 1. The lowest BCUT2D eigenvalue weighted by Crippen LogP contribution is -2.46. The largest absolute Gasteiger partial charge is 0.495 e. The first kappa shape index (κ1) is 23.7. The molecule has 1 amide bonds. The van der Waals surface area contributed by atoms with E-state index in [1.54, 1.807) is 7.11 Å². The summed E-state index contributed by atoms with van der Waals surface area (Å²) in [5.41, 5.74) is 1.76. The highest BCUT2D eigenvalue weighted by molar-refractivity contribution is 6.08. The molecule has 3 aliphatic rings. The molecular weight excluding hydrogens is 426 g/mol. The number of aryl methyl sites for hydroxylation is 1. The van der Waals surface area contributed by atoms with Gasteiger partial charge in [-0.1, -0.05) is 26.0 Å². The van der Waals surface area contributed by atoms with Crippen LogP contribution in [-0.2, 0) is 11.3 Å². The van der Waals surface area contributed by atoms with E-state index in [0.29, 0.717) is 30.7 Å². The molecule has 1 saturated carbocycles. The number of ether oxygens (including phenoxy) is 2. The third kappa shape index (κ3) is 5.13. The predicted octanol–water partition coefficient (Wildman–Crippen LogP) is 4.85. The lowest BCUT2D eigenvalue weighted by molar-refractivity contribution is -0.0241. The molecule has 1 aliphatic carbocycles. The highest BCUT2D eigenvalue weighted by Gasteiger charge is 2.41. The van der Waals surface area contributed by atoms with Gasteiger partial charge in [-0.05, 0) is 62.8 Å². The number of carbonyl (C=O) groups is 1. The number of amides is 1. The molecule has 1 N–H and O–H groups in total. The number of methoxy groups -OCH3 is 1. The van der Waals surface area contributed by atoms with Gasteiger partial charge in [0.2, 0.25) is 0 Å². The van der Waals surface area contributed by atoms with Crippen LogP contribution in [0.25, 0.3) is 10.9 Å². The van der Waals surface area contributed by atoms with Crippen molar-refractivity contribution in [3.8, 4) is 5.75 Å². The third-order valence-electron chi connectivity index (χ3n) is 7.92. The summed E-state index contributed by atoms with van der Waals surface area (Å²) in [4.78, 5) is 15.7. The average molecular weight is 468 g/mol. The molecule has 1 aromatic carbocycles. The fraction of sp³-hybridized carbons (Fsp3) is 0.679. The molecule has 6 nitrogen and oxygen atoms in total. The van der Waals surface area contributed by atoms with E-state index in [0.717, 1.165) is 54.3 Å². The summed E-state index contributed by atoms with van der Waals surface area (Å²) in [5, 5.41) is 4.05. The Morgan fingerprint density at radius 3 is 2.56 bits per heavy atom. The van der Waals surface area contributed by atoms with E-state index in [-0.39, 0.29) is 5.91 Å². The number of nitrogens with one attached hydrogen (secondary N) is 1. The average Bonchev–Trinajstić information content (AvgIpc) is 3.55. The molecule has 6 heteroatoms. The van der Waals surface area contributed by atoms with Crippen molar-refractivity contribution >= 4 is 16.8 Å². The molecular formula is C28H41N3O3. The number of fused-ring (bicyclic) bond motifs is 3. The second-order valence-corrected chi connectivity index (χ2v) is 11.0. The minimum Gasteiger partial charge on any atom is -0.495 e. The van der Waals surface area contributed by atoms with E-state index in [2.05, 4.69) is 28.6 Å². The molecule has 2 saturated heterocycles. The van der Waals surface area contributed by atoms with Crippen LogP contribution in [0.5, 0.6) is 5.75 Å². The Labute approximate surface area is 204 Å². The van der Waals surface area contributed by atoms with E-state index in [4.69, 9.17) is 9.47 Å². The first-order valence-electron chi connectivity index (χ1n) is 13.3. The van der Waals surface area contributed by atoms with Crippen molar-refractivity contribution in [2.75, 3.05) is 26.8 Å². The van der Waals surface area contributed by atoms with E-state index in [1.165, 1.54) is 38.5 Å². The third-order valence-corrected chi connectivity index (χ3v) is 7.92. The van der Waals surface area contributed by atoms with E-state index < -0.39 is 0 Å². The predicted molar refractivity (Wildman–Crippen MR) is 135 cm³/mol. The second kappa shape index (κ2) is 10.3. The Morgan fingerprint density at radius 1 is 1.12 bits per heavy atom. The van der Waals surface area contributed by atoms with Crippen LogP contribution < -0.4 is 10.1 Å². The van der Waals surface area contributed by atoms with Gasteiger partial charge in [-0.2, -0.15) is 0 Å².